The summed E-state index contributed by atoms with van der Waals surface area (Å²) < 4.78 is 0. The molecule has 5 nitrogen and oxygen atoms in total. The molecule has 0 aliphatic heterocycles. The molecule has 1 rings (SSSR count). The summed E-state index contributed by atoms with van der Waals surface area (Å²) in [6, 6.07) is -0.601. The minimum absolute atomic E-state index is 0.0686. The van der Waals surface area contributed by atoms with Gasteiger partial charge in [-0.05, 0) is 49.9 Å². The molecule has 0 bridgehead atoms. The van der Waals surface area contributed by atoms with Crippen LogP contribution < -0.4 is 16.4 Å². The fourth-order valence-corrected chi connectivity index (χ4v) is 3.95. The van der Waals surface area contributed by atoms with Crippen molar-refractivity contribution in [1.82, 2.24) is 10.6 Å². The van der Waals surface area contributed by atoms with Gasteiger partial charge in [0, 0.05) is 18.5 Å². The Hall–Kier alpha value is -1.10. The Labute approximate surface area is 153 Å². The first-order valence-electron chi connectivity index (χ1n) is 9.95. The van der Waals surface area contributed by atoms with Gasteiger partial charge in [0.15, 0.2) is 0 Å². The molecule has 0 heterocycles. The molecule has 25 heavy (non-hydrogen) atoms. The number of nitrogens with one attached hydrogen (secondary N) is 2. The smallest absolute Gasteiger partial charge is 0.236 e. The van der Waals surface area contributed by atoms with Crippen LogP contribution in [-0.4, -0.2) is 30.4 Å². The molecule has 1 saturated carbocycles. The lowest BCUT2D eigenvalue weighted by molar-refractivity contribution is -0.130. The normalized spacial score (nSPS) is 26.4. The van der Waals surface area contributed by atoms with E-state index in [-0.39, 0.29) is 23.8 Å². The molecule has 2 amide bonds. The molecule has 0 aromatic rings. The Bertz CT molecular complexity index is 435. The van der Waals surface area contributed by atoms with Crippen molar-refractivity contribution in [1.29, 1.82) is 0 Å². The van der Waals surface area contributed by atoms with E-state index in [0.29, 0.717) is 30.2 Å². The fraction of sp³-hybridized carbons (Fsp3) is 0.900. The quantitative estimate of drug-likeness (QED) is 0.627. The van der Waals surface area contributed by atoms with Crippen molar-refractivity contribution in [3.8, 4) is 0 Å². The molecule has 0 radical (unpaired) electrons. The number of nitrogens with two attached hydrogens (primary N) is 1. The van der Waals surface area contributed by atoms with Gasteiger partial charge in [-0.15, -0.1) is 0 Å². The Morgan fingerprint density at radius 2 is 1.76 bits per heavy atom. The fourth-order valence-electron chi connectivity index (χ4n) is 3.95. The second-order valence-electron chi connectivity index (χ2n) is 8.80. The summed E-state index contributed by atoms with van der Waals surface area (Å²) in [5.41, 5.74) is 5.66. The van der Waals surface area contributed by atoms with Crippen LogP contribution in [0.1, 0.15) is 67.2 Å². The van der Waals surface area contributed by atoms with Gasteiger partial charge in [0.1, 0.15) is 0 Å². The van der Waals surface area contributed by atoms with Crippen LogP contribution in [0.15, 0.2) is 0 Å². The summed E-state index contributed by atoms with van der Waals surface area (Å²) in [6.07, 6.45) is 4.14. The maximum Gasteiger partial charge on any atom is 0.236 e. The van der Waals surface area contributed by atoms with E-state index in [1.54, 1.807) is 6.92 Å². The maximum atomic E-state index is 12.8. The highest BCUT2D eigenvalue weighted by Crippen LogP contribution is 2.38. The molecule has 1 aliphatic rings. The van der Waals surface area contributed by atoms with Gasteiger partial charge < -0.3 is 16.4 Å². The molecule has 146 valence electrons. The average molecular weight is 354 g/mol. The molecular weight excluding hydrogens is 314 g/mol. The van der Waals surface area contributed by atoms with E-state index < -0.39 is 6.04 Å². The Kier molecular flexibility index (Phi) is 8.91. The van der Waals surface area contributed by atoms with Gasteiger partial charge in [0.2, 0.25) is 11.8 Å². The van der Waals surface area contributed by atoms with E-state index in [1.807, 2.05) is 0 Å². The minimum Gasteiger partial charge on any atom is -0.354 e. The first-order chi connectivity index (χ1) is 11.6. The first-order valence-corrected chi connectivity index (χ1v) is 9.95. The topological polar surface area (TPSA) is 84.2 Å². The highest BCUT2D eigenvalue weighted by atomic mass is 16.2. The van der Waals surface area contributed by atoms with E-state index in [9.17, 15) is 9.59 Å². The highest BCUT2D eigenvalue weighted by Gasteiger charge is 2.35. The number of hydrogen-bond donors (Lipinski definition) is 3. The molecule has 0 aromatic carbocycles. The molecule has 1 fully saturated rings. The highest BCUT2D eigenvalue weighted by molar-refractivity contribution is 5.81. The summed E-state index contributed by atoms with van der Waals surface area (Å²) in [5.74, 6) is 2.10. The molecule has 5 atom stereocenters. The van der Waals surface area contributed by atoms with E-state index >= 15 is 0 Å². The van der Waals surface area contributed by atoms with E-state index in [4.69, 9.17) is 5.73 Å². The Balaban J connectivity index is 2.66. The number of carbonyl (C=O) groups excluding carboxylic acids is 2. The molecule has 5 heteroatoms. The van der Waals surface area contributed by atoms with Crippen LogP contribution in [0.2, 0.25) is 0 Å². The van der Waals surface area contributed by atoms with Gasteiger partial charge in [-0.25, -0.2) is 0 Å². The van der Waals surface area contributed by atoms with Crippen molar-refractivity contribution in [2.24, 2.45) is 35.3 Å². The lowest BCUT2D eigenvalue weighted by Gasteiger charge is -2.36. The lowest BCUT2D eigenvalue weighted by Crippen LogP contribution is -2.50. The van der Waals surface area contributed by atoms with Crippen molar-refractivity contribution in [2.45, 2.75) is 79.3 Å². The standard InChI is InChI=1S/C20H39N3O2/c1-12(2)9-16(23-19(24)15(6)21)11-22-20(25)18-10-14(5)7-8-17(18)13(3)4/h12-18H,7-11,21H2,1-6H3,(H,22,25)(H,23,24)/t14-,15+,16+,17+,18-/m1/s1. The van der Waals surface area contributed by atoms with Crippen molar-refractivity contribution in [2.75, 3.05) is 6.54 Å². The van der Waals surface area contributed by atoms with Crippen molar-refractivity contribution in [3.63, 3.8) is 0 Å². The lowest BCUT2D eigenvalue weighted by atomic mass is 9.70. The summed E-state index contributed by atoms with van der Waals surface area (Å²) in [6.45, 7) is 13.1. The molecule has 0 aromatic heterocycles. The molecule has 1 aliphatic carbocycles. The number of amides is 2. The monoisotopic (exact) mass is 353 g/mol. The van der Waals surface area contributed by atoms with Crippen LogP contribution >= 0.6 is 0 Å². The maximum absolute atomic E-state index is 12.8. The molecular formula is C20H39N3O2. The predicted molar refractivity (Wildman–Crippen MR) is 103 cm³/mol. The van der Waals surface area contributed by atoms with Crippen molar-refractivity contribution < 1.29 is 9.59 Å². The third kappa shape index (κ3) is 7.35. The third-order valence-electron chi connectivity index (χ3n) is 5.40. The number of rotatable bonds is 8. The number of hydrogen-bond acceptors (Lipinski definition) is 3. The van der Waals surface area contributed by atoms with Gasteiger partial charge in [-0.1, -0.05) is 41.0 Å². The minimum atomic E-state index is -0.533. The zero-order chi connectivity index (χ0) is 19.1. The SMILES string of the molecule is CC(C)C[C@@H](CNC(=O)[C@@H]1C[C@H](C)CC[C@H]1C(C)C)NC(=O)[C@H](C)N. The van der Waals surface area contributed by atoms with Gasteiger partial charge in [-0.3, -0.25) is 9.59 Å². The van der Waals surface area contributed by atoms with E-state index in [0.717, 1.165) is 19.3 Å². The van der Waals surface area contributed by atoms with Crippen LogP contribution in [0.4, 0.5) is 0 Å². The number of carbonyl (C=O) groups is 2. The molecule has 0 unspecified atom stereocenters. The van der Waals surface area contributed by atoms with Crippen LogP contribution in [-0.2, 0) is 9.59 Å². The summed E-state index contributed by atoms with van der Waals surface area (Å²) in [7, 11) is 0. The summed E-state index contributed by atoms with van der Waals surface area (Å²) >= 11 is 0. The van der Waals surface area contributed by atoms with Crippen LogP contribution in [0.25, 0.3) is 0 Å². The van der Waals surface area contributed by atoms with Gasteiger partial charge in [0.25, 0.3) is 0 Å². The van der Waals surface area contributed by atoms with Gasteiger partial charge in [0.05, 0.1) is 6.04 Å². The largest absolute Gasteiger partial charge is 0.354 e. The summed E-state index contributed by atoms with van der Waals surface area (Å²) in [4.78, 5) is 24.7. The second kappa shape index (κ2) is 10.1. The summed E-state index contributed by atoms with van der Waals surface area (Å²) in [5, 5.41) is 6.08. The average Bonchev–Trinajstić information content (AvgIpc) is 2.51. The van der Waals surface area contributed by atoms with Gasteiger partial charge >= 0.3 is 0 Å². The zero-order valence-corrected chi connectivity index (χ0v) is 17.0. The van der Waals surface area contributed by atoms with Gasteiger partial charge in [-0.2, -0.15) is 0 Å². The van der Waals surface area contributed by atoms with Crippen molar-refractivity contribution >= 4 is 11.8 Å². The molecule has 0 saturated heterocycles. The molecule has 0 spiro atoms. The second-order valence-corrected chi connectivity index (χ2v) is 8.80. The molecule has 4 N–H and O–H groups in total. The van der Waals surface area contributed by atoms with E-state index in [2.05, 4.69) is 45.3 Å². The Morgan fingerprint density at radius 3 is 2.28 bits per heavy atom. The van der Waals surface area contributed by atoms with Crippen LogP contribution in [0.3, 0.4) is 0 Å². The third-order valence-corrected chi connectivity index (χ3v) is 5.40. The predicted octanol–water partition coefficient (Wildman–Crippen LogP) is 2.69. The zero-order valence-electron chi connectivity index (χ0n) is 17.0. The van der Waals surface area contributed by atoms with Crippen LogP contribution in [0.5, 0.6) is 0 Å². The van der Waals surface area contributed by atoms with E-state index in [1.165, 1.54) is 6.42 Å². The Morgan fingerprint density at radius 1 is 1.12 bits per heavy atom. The van der Waals surface area contributed by atoms with Crippen LogP contribution in [0, 0.1) is 29.6 Å². The van der Waals surface area contributed by atoms with Crippen molar-refractivity contribution in [3.05, 3.63) is 0 Å². The first kappa shape index (κ1) is 21.9.